The molecule has 28 heavy (non-hydrogen) atoms. The van der Waals surface area contributed by atoms with Gasteiger partial charge in [0, 0.05) is 33.2 Å². The predicted molar refractivity (Wildman–Crippen MR) is 105 cm³/mol. The molecule has 3 heterocycles. The van der Waals surface area contributed by atoms with Crippen LogP contribution in [0.2, 0.25) is 0 Å². The van der Waals surface area contributed by atoms with Crippen molar-refractivity contribution in [1.29, 1.82) is 0 Å². The van der Waals surface area contributed by atoms with Crippen LogP contribution in [-0.2, 0) is 32.0 Å². The summed E-state index contributed by atoms with van der Waals surface area (Å²) in [6.45, 7) is 5.87. The Bertz CT molecular complexity index is 942. The molecule has 11 heteroatoms. The number of hydrogen-bond donors (Lipinski definition) is 0. The lowest BCUT2D eigenvalue weighted by molar-refractivity contribution is -0.144. The largest absolute Gasteiger partial charge is 0.465 e. The highest BCUT2D eigenvalue weighted by Crippen LogP contribution is 2.29. The maximum absolute atomic E-state index is 12.9. The van der Waals surface area contributed by atoms with Crippen LogP contribution in [0, 0.1) is 0 Å². The van der Waals surface area contributed by atoms with Crippen LogP contribution in [0.1, 0.15) is 25.1 Å². The highest BCUT2D eigenvalue weighted by molar-refractivity contribution is 8.03. The van der Waals surface area contributed by atoms with E-state index in [4.69, 9.17) is 9.47 Å². The Morgan fingerprint density at radius 3 is 2.86 bits per heavy atom. The molecule has 2 aromatic heterocycles. The monoisotopic (exact) mass is 426 g/mol. The van der Waals surface area contributed by atoms with Crippen molar-refractivity contribution in [2.75, 3.05) is 33.4 Å². The zero-order valence-electron chi connectivity index (χ0n) is 16.0. The number of fused-ring (bicyclic) bond motifs is 2. The second kappa shape index (κ2) is 9.12. The van der Waals surface area contributed by atoms with Crippen molar-refractivity contribution in [3.05, 3.63) is 21.6 Å². The summed E-state index contributed by atoms with van der Waals surface area (Å²) in [6, 6.07) is 0. The van der Waals surface area contributed by atoms with Gasteiger partial charge < -0.3 is 9.47 Å². The summed E-state index contributed by atoms with van der Waals surface area (Å²) < 4.78 is 11.8. The van der Waals surface area contributed by atoms with E-state index < -0.39 is 11.2 Å². The molecule has 0 N–H and O–H groups in total. The molecule has 0 fully saturated rings. The smallest absolute Gasteiger partial charge is 0.327 e. The molecule has 0 radical (unpaired) electrons. The quantitative estimate of drug-likeness (QED) is 0.344. The molecule has 1 unspecified atom stereocenters. The molecule has 0 saturated heterocycles. The molecule has 152 valence electrons. The highest BCUT2D eigenvalue weighted by atomic mass is 32.2. The standard InChI is InChI=1S/C17H22N4O5S2/c1-4-26-15(24)13(10(2)22)27-17-19-21-14(23)11-9-20(7-8-25-3)6-5-12(11)18-16(21)28-17/h13H,4-9H2,1-3H3. The molecule has 0 aromatic carbocycles. The number of methoxy groups -OCH3 is 1. The summed E-state index contributed by atoms with van der Waals surface area (Å²) in [4.78, 5) is 44.0. The SMILES string of the molecule is CCOC(=O)C(Sc1nn2c(=O)c3c(nc2s1)CCN(CCOC)C3)C(C)=O. The topological polar surface area (TPSA) is 103 Å². The van der Waals surface area contributed by atoms with E-state index >= 15 is 0 Å². The second-order valence-electron chi connectivity index (χ2n) is 6.28. The number of carbonyl (C=O) groups is 2. The van der Waals surface area contributed by atoms with E-state index in [0.717, 1.165) is 30.5 Å². The van der Waals surface area contributed by atoms with Crippen molar-refractivity contribution in [1.82, 2.24) is 19.5 Å². The van der Waals surface area contributed by atoms with Crippen LogP contribution in [0.5, 0.6) is 0 Å². The van der Waals surface area contributed by atoms with Gasteiger partial charge >= 0.3 is 5.97 Å². The molecule has 0 amide bonds. The zero-order chi connectivity index (χ0) is 20.3. The number of rotatable bonds is 8. The predicted octanol–water partition coefficient (Wildman–Crippen LogP) is 0.768. The van der Waals surface area contributed by atoms with Crippen molar-refractivity contribution in [3.8, 4) is 0 Å². The Balaban J connectivity index is 1.88. The minimum atomic E-state index is -1.00. The summed E-state index contributed by atoms with van der Waals surface area (Å²) in [5, 5.41) is 3.29. The van der Waals surface area contributed by atoms with Gasteiger partial charge in [0.2, 0.25) is 4.96 Å². The van der Waals surface area contributed by atoms with E-state index in [9.17, 15) is 14.4 Å². The van der Waals surface area contributed by atoms with Crippen molar-refractivity contribution in [2.24, 2.45) is 0 Å². The lowest BCUT2D eigenvalue weighted by atomic mass is 10.1. The molecule has 2 aromatic rings. The van der Waals surface area contributed by atoms with Gasteiger partial charge in [-0.15, -0.1) is 5.10 Å². The van der Waals surface area contributed by atoms with E-state index in [2.05, 4.69) is 15.0 Å². The van der Waals surface area contributed by atoms with Crippen LogP contribution in [0.3, 0.4) is 0 Å². The maximum Gasteiger partial charge on any atom is 0.327 e. The average Bonchev–Trinajstić information content (AvgIpc) is 3.07. The van der Waals surface area contributed by atoms with Crippen LogP contribution in [-0.4, -0.2) is 69.9 Å². The Hall–Kier alpha value is -1.82. The van der Waals surface area contributed by atoms with E-state index in [0.29, 0.717) is 34.4 Å². The third-order valence-electron chi connectivity index (χ3n) is 4.32. The van der Waals surface area contributed by atoms with Gasteiger partial charge in [-0.05, 0) is 13.8 Å². The van der Waals surface area contributed by atoms with Gasteiger partial charge in [0.1, 0.15) is 0 Å². The molecular weight excluding hydrogens is 404 g/mol. The van der Waals surface area contributed by atoms with Gasteiger partial charge in [-0.25, -0.2) is 4.98 Å². The minimum absolute atomic E-state index is 0.191. The van der Waals surface area contributed by atoms with E-state index in [1.165, 1.54) is 22.8 Å². The highest BCUT2D eigenvalue weighted by Gasteiger charge is 2.29. The van der Waals surface area contributed by atoms with Gasteiger partial charge in [0.15, 0.2) is 15.4 Å². The number of nitrogens with zero attached hydrogens (tertiary/aromatic N) is 4. The molecule has 9 nitrogen and oxygen atoms in total. The fourth-order valence-electron chi connectivity index (χ4n) is 2.91. The summed E-state index contributed by atoms with van der Waals surface area (Å²) in [7, 11) is 1.65. The van der Waals surface area contributed by atoms with Crippen molar-refractivity contribution in [3.63, 3.8) is 0 Å². The van der Waals surface area contributed by atoms with Crippen LogP contribution in [0.25, 0.3) is 4.96 Å². The summed E-state index contributed by atoms with van der Waals surface area (Å²) in [6.07, 6.45) is 0.685. The summed E-state index contributed by atoms with van der Waals surface area (Å²) >= 11 is 2.18. The number of hydrogen-bond acceptors (Lipinski definition) is 10. The number of ketones is 1. The Morgan fingerprint density at radius 2 is 2.18 bits per heavy atom. The van der Waals surface area contributed by atoms with E-state index in [1.54, 1.807) is 14.0 Å². The number of esters is 1. The minimum Gasteiger partial charge on any atom is -0.465 e. The van der Waals surface area contributed by atoms with E-state index in [1.807, 2.05) is 0 Å². The first kappa shape index (κ1) is 20.9. The van der Waals surface area contributed by atoms with Crippen LogP contribution in [0.4, 0.5) is 0 Å². The van der Waals surface area contributed by atoms with Gasteiger partial charge in [-0.2, -0.15) is 4.52 Å². The van der Waals surface area contributed by atoms with E-state index in [-0.39, 0.29) is 17.9 Å². The number of Topliss-reactive ketones (excluding diaryl/α,β-unsaturated/α-hetero) is 1. The Morgan fingerprint density at radius 1 is 1.39 bits per heavy atom. The first-order valence-corrected chi connectivity index (χ1v) is 10.6. The second-order valence-corrected chi connectivity index (χ2v) is 8.59. The fraction of sp³-hybridized carbons (Fsp3) is 0.588. The first-order valence-electron chi connectivity index (χ1n) is 8.91. The molecular formula is C17H22N4O5S2. The molecule has 3 rings (SSSR count). The lowest BCUT2D eigenvalue weighted by Crippen LogP contribution is -2.38. The first-order chi connectivity index (χ1) is 13.4. The van der Waals surface area contributed by atoms with Crippen LogP contribution in [0.15, 0.2) is 9.13 Å². The third-order valence-corrected chi connectivity index (χ3v) is 6.60. The number of carbonyl (C=O) groups excluding carboxylic acids is 2. The van der Waals surface area contributed by atoms with Crippen LogP contribution >= 0.6 is 23.1 Å². The van der Waals surface area contributed by atoms with Crippen LogP contribution < -0.4 is 5.56 Å². The molecule has 0 spiro atoms. The van der Waals surface area contributed by atoms with Gasteiger partial charge in [-0.1, -0.05) is 23.1 Å². The Labute approximate surface area is 170 Å². The number of aromatic nitrogens is 3. The van der Waals surface area contributed by atoms with Crippen molar-refractivity contribution in [2.45, 2.75) is 36.4 Å². The lowest BCUT2D eigenvalue weighted by Gasteiger charge is -2.26. The van der Waals surface area contributed by atoms with Gasteiger partial charge in [-0.3, -0.25) is 19.3 Å². The summed E-state index contributed by atoms with van der Waals surface area (Å²) in [5.74, 6) is -0.927. The number of ether oxygens (including phenoxy) is 2. The molecule has 1 aliphatic rings. The molecule has 0 saturated carbocycles. The maximum atomic E-state index is 12.9. The molecule has 1 atom stereocenters. The zero-order valence-corrected chi connectivity index (χ0v) is 17.6. The van der Waals surface area contributed by atoms with Crippen molar-refractivity contribution >= 4 is 39.8 Å². The Kier molecular flexibility index (Phi) is 6.81. The molecule has 0 aliphatic carbocycles. The number of thioether (sulfide) groups is 1. The van der Waals surface area contributed by atoms with Gasteiger partial charge in [0.25, 0.3) is 5.56 Å². The molecule has 1 aliphatic heterocycles. The summed E-state index contributed by atoms with van der Waals surface area (Å²) in [5.41, 5.74) is 1.21. The van der Waals surface area contributed by atoms with Crippen molar-refractivity contribution < 1.29 is 19.1 Å². The van der Waals surface area contributed by atoms with Gasteiger partial charge in [0.05, 0.1) is 24.5 Å². The normalized spacial score (nSPS) is 15.4. The molecule has 0 bridgehead atoms. The average molecular weight is 427 g/mol. The third kappa shape index (κ3) is 4.43. The fourth-order valence-corrected chi connectivity index (χ4v) is 4.92.